The quantitative estimate of drug-likeness (QED) is 0.771. The van der Waals surface area contributed by atoms with Gasteiger partial charge in [-0.1, -0.05) is 0 Å². The van der Waals surface area contributed by atoms with Crippen LogP contribution in [-0.2, 0) is 0 Å². The standard InChI is InChI=1S/C13H18N6O/c1-7(2)16-11-10-12(18-13(14)17-11)19(6-15-10)4-8-3-9(8)5-20/h4,6-7,9,20H,3,5H2,1-2H3,(H3,14,16,17,18)/t9-/m1/s1. The molecule has 20 heavy (non-hydrogen) atoms. The summed E-state index contributed by atoms with van der Waals surface area (Å²) >= 11 is 0. The van der Waals surface area contributed by atoms with Gasteiger partial charge in [-0.15, -0.1) is 0 Å². The van der Waals surface area contributed by atoms with Gasteiger partial charge in [0.1, 0.15) is 6.33 Å². The number of nitrogens with two attached hydrogens (primary N) is 1. The molecular weight excluding hydrogens is 256 g/mol. The fourth-order valence-electron chi connectivity index (χ4n) is 2.15. The number of aromatic nitrogens is 4. The van der Waals surface area contributed by atoms with Crippen LogP contribution in [-0.4, -0.2) is 37.3 Å². The van der Waals surface area contributed by atoms with Crippen LogP contribution in [0.2, 0.25) is 0 Å². The van der Waals surface area contributed by atoms with Crippen LogP contribution in [0.5, 0.6) is 0 Å². The van der Waals surface area contributed by atoms with Gasteiger partial charge in [-0.05, 0) is 25.8 Å². The summed E-state index contributed by atoms with van der Waals surface area (Å²) in [6.07, 6.45) is 4.58. The number of anilines is 2. The van der Waals surface area contributed by atoms with Crippen molar-refractivity contribution in [3.63, 3.8) is 0 Å². The van der Waals surface area contributed by atoms with Crippen molar-refractivity contribution < 1.29 is 5.11 Å². The lowest BCUT2D eigenvalue weighted by atomic mass is 10.4. The van der Waals surface area contributed by atoms with E-state index in [2.05, 4.69) is 20.3 Å². The molecule has 0 aliphatic heterocycles. The zero-order chi connectivity index (χ0) is 14.3. The van der Waals surface area contributed by atoms with Gasteiger partial charge in [0, 0.05) is 24.8 Å². The number of nitrogens with one attached hydrogen (secondary N) is 1. The minimum Gasteiger partial charge on any atom is -0.396 e. The van der Waals surface area contributed by atoms with Gasteiger partial charge < -0.3 is 16.2 Å². The monoisotopic (exact) mass is 274 g/mol. The predicted octanol–water partition coefficient (Wildman–Crippen LogP) is 1.08. The lowest BCUT2D eigenvalue weighted by Gasteiger charge is -2.09. The Morgan fingerprint density at radius 2 is 2.35 bits per heavy atom. The van der Waals surface area contributed by atoms with Crippen molar-refractivity contribution in [2.45, 2.75) is 26.3 Å². The molecule has 2 aromatic rings. The molecule has 2 aromatic heterocycles. The van der Waals surface area contributed by atoms with Crippen molar-refractivity contribution in [2.24, 2.45) is 5.92 Å². The SMILES string of the molecule is CC(C)Nc1nc(N)nc2c1ncn2C=C1C[C@@H]1CO. The summed E-state index contributed by atoms with van der Waals surface area (Å²) in [7, 11) is 0. The molecule has 0 radical (unpaired) electrons. The number of hydrogen-bond donors (Lipinski definition) is 3. The van der Waals surface area contributed by atoms with Crippen LogP contribution in [0.4, 0.5) is 11.8 Å². The molecule has 106 valence electrons. The summed E-state index contributed by atoms with van der Waals surface area (Å²) in [6.45, 7) is 4.24. The van der Waals surface area contributed by atoms with Crippen molar-refractivity contribution >= 4 is 29.1 Å². The summed E-state index contributed by atoms with van der Waals surface area (Å²) in [4.78, 5) is 12.8. The first kappa shape index (κ1) is 12.9. The van der Waals surface area contributed by atoms with E-state index in [1.165, 1.54) is 5.57 Å². The largest absolute Gasteiger partial charge is 0.396 e. The molecule has 7 nitrogen and oxygen atoms in total. The Balaban J connectivity index is 2.04. The van der Waals surface area contributed by atoms with Crippen LogP contribution in [0, 0.1) is 5.92 Å². The van der Waals surface area contributed by atoms with Gasteiger partial charge in [0.25, 0.3) is 0 Å². The first-order valence-corrected chi connectivity index (χ1v) is 6.66. The van der Waals surface area contributed by atoms with E-state index in [-0.39, 0.29) is 24.5 Å². The summed E-state index contributed by atoms with van der Waals surface area (Å²) in [5.74, 6) is 1.14. The second kappa shape index (κ2) is 4.75. The molecule has 0 aromatic carbocycles. The number of aliphatic hydroxyl groups excluding tert-OH is 1. The summed E-state index contributed by atoms with van der Waals surface area (Å²) in [5, 5.41) is 12.3. The maximum Gasteiger partial charge on any atom is 0.224 e. The fraction of sp³-hybridized carbons (Fsp3) is 0.462. The number of rotatable bonds is 4. The van der Waals surface area contributed by atoms with E-state index >= 15 is 0 Å². The van der Waals surface area contributed by atoms with E-state index in [1.807, 2.05) is 24.6 Å². The normalized spacial score (nSPS) is 20.0. The Labute approximate surface area is 116 Å². The Bertz CT molecular complexity index is 675. The third-order valence-corrected chi connectivity index (χ3v) is 3.24. The molecule has 7 heteroatoms. The van der Waals surface area contributed by atoms with Gasteiger partial charge in [-0.2, -0.15) is 9.97 Å². The Morgan fingerprint density at radius 1 is 1.55 bits per heavy atom. The molecule has 2 heterocycles. The molecule has 1 saturated carbocycles. The number of imidazole rings is 1. The lowest BCUT2D eigenvalue weighted by Crippen LogP contribution is -2.13. The van der Waals surface area contributed by atoms with E-state index in [0.717, 1.165) is 6.42 Å². The van der Waals surface area contributed by atoms with Crippen LogP contribution >= 0.6 is 0 Å². The zero-order valence-electron chi connectivity index (χ0n) is 11.5. The molecular formula is C13H18N6O. The minimum atomic E-state index is 0.190. The fourth-order valence-corrected chi connectivity index (χ4v) is 2.15. The predicted molar refractivity (Wildman–Crippen MR) is 78.0 cm³/mol. The van der Waals surface area contributed by atoms with Crippen LogP contribution in [0.15, 0.2) is 11.9 Å². The van der Waals surface area contributed by atoms with Crippen LogP contribution < -0.4 is 11.1 Å². The maximum absolute atomic E-state index is 9.08. The van der Waals surface area contributed by atoms with E-state index in [0.29, 0.717) is 17.0 Å². The third kappa shape index (κ3) is 2.32. The maximum atomic E-state index is 9.08. The van der Waals surface area contributed by atoms with Crippen molar-refractivity contribution in [3.05, 3.63) is 11.9 Å². The molecule has 0 bridgehead atoms. The van der Waals surface area contributed by atoms with Crippen LogP contribution in [0.1, 0.15) is 20.3 Å². The highest BCUT2D eigenvalue weighted by Crippen LogP contribution is 2.37. The van der Waals surface area contributed by atoms with Gasteiger partial charge in [-0.3, -0.25) is 4.57 Å². The zero-order valence-corrected chi connectivity index (χ0v) is 11.5. The number of nitrogen functional groups attached to an aromatic ring is 1. The Hall–Kier alpha value is -2.15. The van der Waals surface area contributed by atoms with E-state index in [4.69, 9.17) is 10.8 Å². The average Bonchev–Trinajstić information content (AvgIpc) is 3.01. The second-order valence-electron chi connectivity index (χ2n) is 5.34. The van der Waals surface area contributed by atoms with Gasteiger partial charge in [0.15, 0.2) is 17.0 Å². The molecule has 3 rings (SSSR count). The van der Waals surface area contributed by atoms with Crippen molar-refractivity contribution in [3.8, 4) is 0 Å². The topological polar surface area (TPSA) is 102 Å². The lowest BCUT2D eigenvalue weighted by molar-refractivity contribution is 0.281. The smallest absolute Gasteiger partial charge is 0.224 e. The van der Waals surface area contributed by atoms with Crippen molar-refractivity contribution in [2.75, 3.05) is 17.7 Å². The second-order valence-corrected chi connectivity index (χ2v) is 5.34. The molecule has 1 aliphatic rings. The first-order chi connectivity index (χ1) is 9.58. The molecule has 0 spiro atoms. The molecule has 0 unspecified atom stereocenters. The molecule has 0 amide bonds. The van der Waals surface area contributed by atoms with E-state index < -0.39 is 0 Å². The molecule has 1 aliphatic carbocycles. The van der Waals surface area contributed by atoms with Gasteiger partial charge in [0.2, 0.25) is 5.95 Å². The highest BCUT2D eigenvalue weighted by atomic mass is 16.3. The summed E-state index contributed by atoms with van der Waals surface area (Å²) < 4.78 is 1.84. The molecule has 1 fully saturated rings. The highest BCUT2D eigenvalue weighted by molar-refractivity contribution is 5.85. The van der Waals surface area contributed by atoms with Gasteiger partial charge in [0.05, 0.1) is 0 Å². The van der Waals surface area contributed by atoms with Crippen LogP contribution in [0.3, 0.4) is 0 Å². The Kier molecular flexibility index (Phi) is 3.06. The van der Waals surface area contributed by atoms with E-state index in [9.17, 15) is 0 Å². The molecule has 0 saturated heterocycles. The van der Waals surface area contributed by atoms with Gasteiger partial charge in [-0.25, -0.2) is 4.98 Å². The number of nitrogens with zero attached hydrogens (tertiary/aromatic N) is 4. The first-order valence-electron chi connectivity index (χ1n) is 6.66. The van der Waals surface area contributed by atoms with Gasteiger partial charge >= 0.3 is 0 Å². The average molecular weight is 274 g/mol. The summed E-state index contributed by atoms with van der Waals surface area (Å²) in [6, 6.07) is 0.234. The van der Waals surface area contributed by atoms with Crippen molar-refractivity contribution in [1.82, 2.24) is 19.5 Å². The summed E-state index contributed by atoms with van der Waals surface area (Å²) in [5.41, 5.74) is 8.34. The molecule has 4 N–H and O–H groups in total. The number of aliphatic hydroxyl groups is 1. The number of hydrogen-bond acceptors (Lipinski definition) is 6. The number of fused-ring (bicyclic) bond motifs is 1. The van der Waals surface area contributed by atoms with E-state index in [1.54, 1.807) is 6.33 Å². The third-order valence-electron chi connectivity index (χ3n) is 3.24. The van der Waals surface area contributed by atoms with Crippen LogP contribution in [0.25, 0.3) is 17.4 Å². The van der Waals surface area contributed by atoms with Crippen molar-refractivity contribution in [1.29, 1.82) is 0 Å². The Morgan fingerprint density at radius 3 is 3.00 bits per heavy atom. The minimum absolute atomic E-state index is 0.190. The molecule has 1 atom stereocenters. The highest BCUT2D eigenvalue weighted by Gasteiger charge is 2.29.